The Morgan fingerprint density at radius 3 is 2.70 bits per heavy atom. The third kappa shape index (κ3) is 2.67. The molecule has 2 N–H and O–H groups in total. The molecule has 4 atom stereocenters. The monoisotopic (exact) mass is 291 g/mol. The van der Waals surface area contributed by atoms with Crippen molar-refractivity contribution in [1.29, 1.82) is 0 Å². The molecule has 0 saturated heterocycles. The zero-order valence-corrected chi connectivity index (χ0v) is 10.8. The summed E-state index contributed by atoms with van der Waals surface area (Å²) in [5, 5.41) is 3.66. The van der Waals surface area contributed by atoms with Gasteiger partial charge in [0.2, 0.25) is 5.89 Å². The van der Waals surface area contributed by atoms with Gasteiger partial charge in [0, 0.05) is 6.04 Å². The first kappa shape index (κ1) is 13.8. The van der Waals surface area contributed by atoms with Crippen molar-refractivity contribution < 1.29 is 22.4 Å². The van der Waals surface area contributed by atoms with E-state index in [1.54, 1.807) is 0 Å². The molecular weight excluding hydrogens is 275 g/mol. The van der Waals surface area contributed by atoms with E-state index in [9.17, 15) is 13.2 Å². The Morgan fingerprint density at radius 1 is 1.30 bits per heavy atom. The normalized spacial score (nSPS) is 33.0. The van der Waals surface area contributed by atoms with Gasteiger partial charge in [0.1, 0.15) is 13.2 Å². The van der Waals surface area contributed by atoms with Crippen molar-refractivity contribution >= 4 is 0 Å². The van der Waals surface area contributed by atoms with E-state index in [-0.39, 0.29) is 24.4 Å². The number of aromatic nitrogens is 2. The van der Waals surface area contributed by atoms with E-state index in [1.807, 2.05) is 0 Å². The molecule has 5 nitrogen and oxygen atoms in total. The highest BCUT2D eigenvalue weighted by molar-refractivity contribution is 5.11. The molecular formula is C12H16F3N3O2. The molecule has 0 aromatic carbocycles. The fourth-order valence-corrected chi connectivity index (χ4v) is 3.42. The standard InChI is InChI=1S/C12H16F3N3O2/c13-12(14,15)5-19-4-8-17-11(20-18-8)9-6-1-2-7(3-6)10(9)16/h6-7,9-10H,1-5,16H2. The molecule has 2 saturated carbocycles. The van der Waals surface area contributed by atoms with E-state index in [0.29, 0.717) is 17.7 Å². The summed E-state index contributed by atoms with van der Waals surface area (Å²) < 4.78 is 45.5. The summed E-state index contributed by atoms with van der Waals surface area (Å²) in [6, 6.07) is 0.0122. The molecule has 2 bridgehead atoms. The highest BCUT2D eigenvalue weighted by Crippen LogP contribution is 2.51. The van der Waals surface area contributed by atoms with E-state index < -0.39 is 12.8 Å². The quantitative estimate of drug-likeness (QED) is 0.918. The second kappa shape index (κ2) is 5.00. The molecule has 1 aromatic heterocycles. The maximum Gasteiger partial charge on any atom is 0.411 e. The number of alkyl halides is 3. The van der Waals surface area contributed by atoms with Gasteiger partial charge in [0.15, 0.2) is 5.82 Å². The SMILES string of the molecule is NC1C2CCC(C2)C1c1nc(COCC(F)(F)F)no1. The molecule has 2 aliphatic rings. The van der Waals surface area contributed by atoms with E-state index in [0.717, 1.165) is 19.3 Å². The Balaban J connectivity index is 1.60. The summed E-state index contributed by atoms with van der Waals surface area (Å²) in [6.45, 7) is -1.62. The van der Waals surface area contributed by atoms with Gasteiger partial charge in [-0.15, -0.1) is 0 Å². The number of ether oxygens (including phenoxy) is 1. The van der Waals surface area contributed by atoms with E-state index in [4.69, 9.17) is 10.3 Å². The molecule has 0 spiro atoms. The van der Waals surface area contributed by atoms with Crippen molar-refractivity contribution in [2.24, 2.45) is 17.6 Å². The van der Waals surface area contributed by atoms with Crippen molar-refractivity contribution in [2.75, 3.05) is 6.61 Å². The molecule has 4 unspecified atom stereocenters. The molecule has 0 aliphatic heterocycles. The maximum atomic E-state index is 12.0. The van der Waals surface area contributed by atoms with E-state index in [2.05, 4.69) is 14.9 Å². The molecule has 1 heterocycles. The second-order valence-corrected chi connectivity index (χ2v) is 5.59. The lowest BCUT2D eigenvalue weighted by Gasteiger charge is -2.24. The van der Waals surface area contributed by atoms with Gasteiger partial charge in [-0.25, -0.2) is 0 Å². The Kier molecular flexibility index (Phi) is 3.45. The number of rotatable bonds is 4. The molecule has 112 valence electrons. The zero-order chi connectivity index (χ0) is 14.3. The minimum Gasteiger partial charge on any atom is -0.364 e. The van der Waals surface area contributed by atoms with Crippen LogP contribution in [0, 0.1) is 11.8 Å². The van der Waals surface area contributed by atoms with Crippen molar-refractivity contribution in [3.63, 3.8) is 0 Å². The van der Waals surface area contributed by atoms with Gasteiger partial charge in [0.25, 0.3) is 0 Å². The van der Waals surface area contributed by atoms with Crippen LogP contribution in [0.25, 0.3) is 0 Å². The summed E-state index contributed by atoms with van der Waals surface area (Å²) in [5.41, 5.74) is 6.15. The van der Waals surface area contributed by atoms with Crippen LogP contribution >= 0.6 is 0 Å². The van der Waals surface area contributed by atoms with Gasteiger partial charge in [0.05, 0.1) is 5.92 Å². The number of hydrogen-bond acceptors (Lipinski definition) is 5. The Morgan fingerprint density at radius 2 is 2.05 bits per heavy atom. The molecule has 20 heavy (non-hydrogen) atoms. The summed E-state index contributed by atoms with van der Waals surface area (Å²) in [5.74, 6) is 1.58. The lowest BCUT2D eigenvalue weighted by molar-refractivity contribution is -0.177. The van der Waals surface area contributed by atoms with Crippen LogP contribution in [0.5, 0.6) is 0 Å². The largest absolute Gasteiger partial charge is 0.411 e. The average molecular weight is 291 g/mol. The first-order chi connectivity index (χ1) is 9.44. The molecule has 0 amide bonds. The molecule has 3 rings (SSSR count). The Bertz CT molecular complexity index is 475. The number of fused-ring (bicyclic) bond motifs is 2. The average Bonchev–Trinajstić information content (AvgIpc) is 3.02. The number of nitrogens with zero attached hydrogens (tertiary/aromatic N) is 2. The summed E-state index contributed by atoms with van der Waals surface area (Å²) >= 11 is 0. The second-order valence-electron chi connectivity index (χ2n) is 5.59. The third-order valence-corrected chi connectivity index (χ3v) is 4.25. The van der Waals surface area contributed by atoms with Crippen LogP contribution in [0.1, 0.15) is 36.9 Å². The van der Waals surface area contributed by atoms with Gasteiger partial charge in [-0.2, -0.15) is 18.2 Å². The summed E-state index contributed by atoms with van der Waals surface area (Å²) in [4.78, 5) is 4.13. The molecule has 0 radical (unpaired) electrons. The Labute approximate surface area is 113 Å². The highest BCUT2D eigenvalue weighted by Gasteiger charge is 2.48. The van der Waals surface area contributed by atoms with Crippen LogP contribution < -0.4 is 5.73 Å². The van der Waals surface area contributed by atoms with Crippen LogP contribution in [-0.4, -0.2) is 29.0 Å². The van der Waals surface area contributed by atoms with E-state index in [1.165, 1.54) is 0 Å². The smallest absolute Gasteiger partial charge is 0.364 e. The summed E-state index contributed by atoms with van der Waals surface area (Å²) in [7, 11) is 0. The van der Waals surface area contributed by atoms with Gasteiger partial charge in [-0.05, 0) is 31.1 Å². The lowest BCUT2D eigenvalue weighted by atomic mass is 9.85. The zero-order valence-electron chi connectivity index (χ0n) is 10.8. The Hall–Kier alpha value is -1.15. The van der Waals surface area contributed by atoms with Crippen molar-refractivity contribution in [1.82, 2.24) is 10.1 Å². The first-order valence-corrected chi connectivity index (χ1v) is 6.66. The van der Waals surface area contributed by atoms with Crippen molar-refractivity contribution in [3.05, 3.63) is 11.7 Å². The van der Waals surface area contributed by atoms with Crippen LogP contribution in [0.4, 0.5) is 13.2 Å². The number of nitrogens with two attached hydrogens (primary N) is 1. The van der Waals surface area contributed by atoms with Crippen LogP contribution in [0.2, 0.25) is 0 Å². The predicted octanol–water partition coefficient (Wildman–Crippen LogP) is 1.99. The minimum absolute atomic E-state index is 0.0122. The molecule has 2 fully saturated rings. The fourth-order valence-electron chi connectivity index (χ4n) is 3.42. The maximum absolute atomic E-state index is 12.0. The molecule has 2 aliphatic carbocycles. The summed E-state index contributed by atoms with van der Waals surface area (Å²) in [6.07, 6.45) is -1.03. The lowest BCUT2D eigenvalue weighted by Crippen LogP contribution is -2.34. The third-order valence-electron chi connectivity index (χ3n) is 4.25. The molecule has 8 heteroatoms. The fraction of sp³-hybridized carbons (Fsp3) is 0.833. The number of hydrogen-bond donors (Lipinski definition) is 1. The van der Waals surface area contributed by atoms with Crippen LogP contribution in [0.3, 0.4) is 0 Å². The van der Waals surface area contributed by atoms with Crippen LogP contribution in [0.15, 0.2) is 4.52 Å². The van der Waals surface area contributed by atoms with Crippen molar-refractivity contribution in [2.45, 2.75) is 44.0 Å². The topological polar surface area (TPSA) is 74.2 Å². The van der Waals surface area contributed by atoms with Gasteiger partial charge in [-0.1, -0.05) is 5.16 Å². The van der Waals surface area contributed by atoms with E-state index >= 15 is 0 Å². The van der Waals surface area contributed by atoms with Crippen LogP contribution in [-0.2, 0) is 11.3 Å². The number of halogens is 3. The minimum atomic E-state index is -4.35. The predicted molar refractivity (Wildman–Crippen MR) is 61.6 cm³/mol. The van der Waals surface area contributed by atoms with Gasteiger partial charge < -0.3 is 15.0 Å². The highest BCUT2D eigenvalue weighted by atomic mass is 19.4. The van der Waals surface area contributed by atoms with Gasteiger partial charge >= 0.3 is 6.18 Å². The molecule has 1 aromatic rings. The van der Waals surface area contributed by atoms with Crippen molar-refractivity contribution in [3.8, 4) is 0 Å². The first-order valence-electron chi connectivity index (χ1n) is 6.66. The van der Waals surface area contributed by atoms with Gasteiger partial charge in [-0.3, -0.25) is 0 Å².